The minimum Gasteiger partial charge on any atom is -0.370 e. The number of hydrogen-bond donors (Lipinski definition) is 2. The second-order valence-electron chi connectivity index (χ2n) is 5.65. The molecule has 0 aliphatic rings. The Hall–Kier alpha value is -2.82. The minimum atomic E-state index is -0.0897. The molecule has 23 heavy (non-hydrogen) atoms. The highest BCUT2D eigenvalue weighted by Crippen LogP contribution is 2.16. The summed E-state index contributed by atoms with van der Waals surface area (Å²) in [5.74, 6) is -0.0897. The van der Waals surface area contributed by atoms with E-state index in [1.54, 1.807) is 12.3 Å². The average molecular weight is 308 g/mol. The molecular weight excluding hydrogens is 288 g/mol. The van der Waals surface area contributed by atoms with E-state index in [2.05, 4.69) is 39.5 Å². The maximum Gasteiger partial charge on any atom is 0.253 e. The molecule has 0 radical (unpaired) electrons. The summed E-state index contributed by atoms with van der Waals surface area (Å²) in [4.78, 5) is 14.6. The highest BCUT2D eigenvalue weighted by molar-refractivity contribution is 6.05. The molecule has 0 unspecified atom stereocenters. The molecule has 2 N–H and O–H groups in total. The molecule has 1 amide bonds. The van der Waals surface area contributed by atoms with Crippen molar-refractivity contribution >= 4 is 22.5 Å². The first-order chi connectivity index (χ1) is 11.2. The fraction of sp³-hybridized carbons (Fsp3) is 0.222. The van der Waals surface area contributed by atoms with Gasteiger partial charge < -0.3 is 10.2 Å². The monoisotopic (exact) mass is 308 g/mol. The van der Waals surface area contributed by atoms with E-state index in [1.807, 2.05) is 37.4 Å². The van der Waals surface area contributed by atoms with Crippen LogP contribution in [0.3, 0.4) is 0 Å². The van der Waals surface area contributed by atoms with E-state index in [4.69, 9.17) is 0 Å². The normalized spacial score (nSPS) is 12.1. The van der Waals surface area contributed by atoms with Gasteiger partial charge in [0.25, 0.3) is 5.91 Å². The number of hydrogen-bond acceptors (Lipinski definition) is 3. The van der Waals surface area contributed by atoms with Crippen molar-refractivity contribution in [3.8, 4) is 0 Å². The van der Waals surface area contributed by atoms with E-state index in [-0.39, 0.29) is 11.9 Å². The van der Waals surface area contributed by atoms with E-state index in [0.29, 0.717) is 12.1 Å². The zero-order valence-corrected chi connectivity index (χ0v) is 13.3. The predicted octanol–water partition coefficient (Wildman–Crippen LogP) is 2.82. The summed E-state index contributed by atoms with van der Waals surface area (Å²) < 4.78 is 0. The molecule has 5 nitrogen and oxygen atoms in total. The number of carbonyl (C=O) groups excluding carboxylic acids is 1. The Morgan fingerprint density at radius 3 is 2.78 bits per heavy atom. The third-order valence-electron chi connectivity index (χ3n) is 4.10. The van der Waals surface area contributed by atoms with Crippen LogP contribution < -0.4 is 10.2 Å². The Bertz CT molecular complexity index is 797. The highest BCUT2D eigenvalue weighted by atomic mass is 16.1. The van der Waals surface area contributed by atoms with Crippen LogP contribution in [0.25, 0.3) is 10.9 Å². The van der Waals surface area contributed by atoms with Crippen molar-refractivity contribution in [1.82, 2.24) is 15.5 Å². The van der Waals surface area contributed by atoms with Gasteiger partial charge >= 0.3 is 0 Å². The molecule has 0 bridgehead atoms. The van der Waals surface area contributed by atoms with E-state index in [9.17, 15) is 4.79 Å². The number of nitrogens with zero attached hydrogens (tertiary/aromatic N) is 2. The van der Waals surface area contributed by atoms with Crippen LogP contribution >= 0.6 is 0 Å². The summed E-state index contributed by atoms with van der Waals surface area (Å²) in [6, 6.07) is 15.9. The third kappa shape index (κ3) is 3.18. The van der Waals surface area contributed by atoms with Crippen LogP contribution in [0.15, 0.2) is 54.7 Å². The predicted molar refractivity (Wildman–Crippen MR) is 92.7 cm³/mol. The van der Waals surface area contributed by atoms with Crippen molar-refractivity contribution < 1.29 is 4.79 Å². The molecule has 1 heterocycles. The molecule has 1 aromatic heterocycles. The van der Waals surface area contributed by atoms with Crippen molar-refractivity contribution in [2.75, 3.05) is 18.5 Å². The number of anilines is 1. The molecule has 1 atom stereocenters. The number of para-hydroxylation sites is 2. The van der Waals surface area contributed by atoms with Crippen LogP contribution in [-0.4, -0.2) is 35.7 Å². The van der Waals surface area contributed by atoms with Crippen LogP contribution in [0.2, 0.25) is 0 Å². The number of fused-ring (bicyclic) bond motifs is 1. The summed E-state index contributed by atoms with van der Waals surface area (Å²) in [6.07, 6.45) is 1.72. The maximum absolute atomic E-state index is 12.4. The van der Waals surface area contributed by atoms with Gasteiger partial charge in [-0.1, -0.05) is 30.3 Å². The van der Waals surface area contributed by atoms with E-state index >= 15 is 0 Å². The molecule has 0 saturated carbocycles. The number of nitrogens with one attached hydrogen (secondary N) is 2. The Morgan fingerprint density at radius 1 is 1.22 bits per heavy atom. The summed E-state index contributed by atoms with van der Waals surface area (Å²) >= 11 is 0. The van der Waals surface area contributed by atoms with Crippen LogP contribution in [0, 0.1) is 0 Å². The topological polar surface area (TPSA) is 61.0 Å². The molecule has 0 aliphatic heterocycles. The van der Waals surface area contributed by atoms with E-state index in [1.165, 1.54) is 0 Å². The van der Waals surface area contributed by atoms with Gasteiger partial charge in [0.05, 0.1) is 17.3 Å². The number of benzene rings is 2. The lowest BCUT2D eigenvalue weighted by Crippen LogP contribution is -2.40. The lowest BCUT2D eigenvalue weighted by molar-refractivity contribution is 0.0953. The maximum atomic E-state index is 12.4. The van der Waals surface area contributed by atoms with Crippen molar-refractivity contribution in [2.45, 2.75) is 13.0 Å². The van der Waals surface area contributed by atoms with Crippen molar-refractivity contribution in [3.63, 3.8) is 0 Å². The molecule has 118 valence electrons. The molecule has 3 rings (SSSR count). The Kier molecular flexibility index (Phi) is 4.28. The summed E-state index contributed by atoms with van der Waals surface area (Å²) in [7, 11) is 2.03. The second kappa shape index (κ2) is 6.52. The van der Waals surface area contributed by atoms with Crippen molar-refractivity contribution in [3.05, 3.63) is 60.3 Å². The minimum absolute atomic E-state index is 0.0897. The molecular formula is C18H20N4O. The number of carbonyl (C=O) groups is 1. The van der Waals surface area contributed by atoms with Gasteiger partial charge in [-0.15, -0.1) is 0 Å². The highest BCUT2D eigenvalue weighted by Gasteiger charge is 2.14. The number of rotatable bonds is 5. The number of likely N-dealkylation sites (N-methyl/N-ethyl adjacent to an activating group) is 1. The largest absolute Gasteiger partial charge is 0.370 e. The van der Waals surface area contributed by atoms with Crippen molar-refractivity contribution in [1.29, 1.82) is 0 Å². The SMILES string of the molecule is C[C@H](CNC(=O)c1cccc2cn[nH]c12)N(C)c1ccccc1. The summed E-state index contributed by atoms with van der Waals surface area (Å²) in [5.41, 5.74) is 2.52. The fourth-order valence-corrected chi connectivity index (χ4v) is 2.55. The van der Waals surface area contributed by atoms with Gasteiger partial charge in [0, 0.05) is 30.7 Å². The first-order valence-corrected chi connectivity index (χ1v) is 7.65. The summed E-state index contributed by atoms with van der Waals surface area (Å²) in [5, 5.41) is 10.8. The van der Waals surface area contributed by atoms with Gasteiger partial charge in [-0.2, -0.15) is 5.10 Å². The van der Waals surface area contributed by atoms with Crippen LogP contribution in [0.4, 0.5) is 5.69 Å². The lowest BCUT2D eigenvalue weighted by Gasteiger charge is -2.27. The Labute approximate surface area is 135 Å². The third-order valence-corrected chi connectivity index (χ3v) is 4.10. The van der Waals surface area contributed by atoms with Crippen molar-refractivity contribution in [2.24, 2.45) is 0 Å². The van der Waals surface area contributed by atoms with Gasteiger partial charge in [-0.25, -0.2) is 0 Å². The smallest absolute Gasteiger partial charge is 0.253 e. The molecule has 0 spiro atoms. The standard InChI is InChI=1S/C18H20N4O/c1-13(22(2)15-8-4-3-5-9-15)11-19-18(23)16-10-6-7-14-12-20-21-17(14)16/h3-10,12-13H,11H2,1-2H3,(H,19,23)(H,20,21)/t13-/m1/s1. The van der Waals surface area contributed by atoms with Crippen LogP contribution in [-0.2, 0) is 0 Å². The molecule has 2 aromatic carbocycles. The molecule has 0 aliphatic carbocycles. The molecule has 0 fully saturated rings. The fourth-order valence-electron chi connectivity index (χ4n) is 2.55. The van der Waals surface area contributed by atoms with Gasteiger partial charge in [0.15, 0.2) is 0 Å². The Balaban J connectivity index is 1.66. The Morgan fingerprint density at radius 2 is 2.00 bits per heavy atom. The second-order valence-corrected chi connectivity index (χ2v) is 5.65. The quantitative estimate of drug-likeness (QED) is 0.762. The van der Waals surface area contributed by atoms with Crippen LogP contribution in [0.1, 0.15) is 17.3 Å². The van der Waals surface area contributed by atoms with E-state index < -0.39 is 0 Å². The first-order valence-electron chi connectivity index (χ1n) is 7.65. The first kappa shape index (κ1) is 15.1. The van der Waals surface area contributed by atoms with Gasteiger partial charge in [0.2, 0.25) is 0 Å². The van der Waals surface area contributed by atoms with Gasteiger partial charge in [-0.3, -0.25) is 9.89 Å². The summed E-state index contributed by atoms with van der Waals surface area (Å²) in [6.45, 7) is 2.65. The molecule has 3 aromatic rings. The molecule has 0 saturated heterocycles. The van der Waals surface area contributed by atoms with Gasteiger partial charge in [-0.05, 0) is 25.1 Å². The zero-order valence-electron chi connectivity index (χ0n) is 13.3. The van der Waals surface area contributed by atoms with E-state index in [0.717, 1.165) is 16.6 Å². The lowest BCUT2D eigenvalue weighted by atomic mass is 10.1. The van der Waals surface area contributed by atoms with Crippen LogP contribution in [0.5, 0.6) is 0 Å². The number of aromatic nitrogens is 2. The number of aromatic amines is 1. The zero-order chi connectivity index (χ0) is 16.2. The van der Waals surface area contributed by atoms with Gasteiger partial charge in [0.1, 0.15) is 0 Å². The average Bonchev–Trinajstić information content (AvgIpc) is 3.08. The number of amides is 1. The molecule has 5 heteroatoms. The number of H-pyrrole nitrogens is 1.